The van der Waals surface area contributed by atoms with Crippen molar-refractivity contribution in [2.75, 3.05) is 13.7 Å². The first kappa shape index (κ1) is 12.6. The Kier molecular flexibility index (Phi) is 4.36. The second-order valence-electron chi connectivity index (χ2n) is 4.22. The third kappa shape index (κ3) is 3.34. The fourth-order valence-corrected chi connectivity index (χ4v) is 1.91. The molecule has 0 atom stereocenters. The summed E-state index contributed by atoms with van der Waals surface area (Å²) < 4.78 is 7.14. The number of nitrogens with zero attached hydrogens (tertiary/aromatic N) is 2. The second kappa shape index (κ2) is 6.21. The topological polar surface area (TPSA) is 39.1 Å². The van der Waals surface area contributed by atoms with Gasteiger partial charge < -0.3 is 10.1 Å². The number of para-hydroxylation sites is 1. The Morgan fingerprint density at radius 3 is 2.83 bits per heavy atom. The molecule has 18 heavy (non-hydrogen) atoms. The second-order valence-corrected chi connectivity index (χ2v) is 4.22. The molecule has 0 aliphatic carbocycles. The van der Waals surface area contributed by atoms with Crippen LogP contribution in [0, 0.1) is 0 Å². The van der Waals surface area contributed by atoms with E-state index in [2.05, 4.69) is 16.5 Å². The molecule has 0 bridgehead atoms. The molecule has 4 nitrogen and oxygen atoms in total. The van der Waals surface area contributed by atoms with Crippen LogP contribution in [0.2, 0.25) is 0 Å². The van der Waals surface area contributed by atoms with E-state index in [0.717, 1.165) is 31.0 Å². The van der Waals surface area contributed by atoms with E-state index in [4.69, 9.17) is 4.74 Å². The van der Waals surface area contributed by atoms with Crippen LogP contribution in [0.1, 0.15) is 11.3 Å². The van der Waals surface area contributed by atoms with Gasteiger partial charge in [-0.15, -0.1) is 0 Å². The first-order valence-electron chi connectivity index (χ1n) is 6.10. The molecule has 0 spiro atoms. The number of nitrogens with one attached hydrogen (secondary N) is 1. The number of hydrogen-bond donors (Lipinski definition) is 1. The Bertz CT molecular complexity index is 493. The van der Waals surface area contributed by atoms with Crippen LogP contribution < -0.4 is 10.1 Å². The first-order valence-corrected chi connectivity index (χ1v) is 6.10. The van der Waals surface area contributed by atoms with E-state index in [1.807, 2.05) is 42.2 Å². The quantitative estimate of drug-likeness (QED) is 0.788. The van der Waals surface area contributed by atoms with Gasteiger partial charge in [0, 0.05) is 19.8 Å². The van der Waals surface area contributed by atoms with Gasteiger partial charge in [0.1, 0.15) is 5.75 Å². The van der Waals surface area contributed by atoms with Gasteiger partial charge in [-0.3, -0.25) is 4.68 Å². The van der Waals surface area contributed by atoms with Gasteiger partial charge in [-0.1, -0.05) is 18.2 Å². The minimum absolute atomic E-state index is 0.802. The highest BCUT2D eigenvalue weighted by molar-refractivity contribution is 5.33. The molecule has 1 aromatic carbocycles. The molecule has 0 saturated heterocycles. The molecule has 0 saturated carbocycles. The van der Waals surface area contributed by atoms with Gasteiger partial charge >= 0.3 is 0 Å². The number of benzene rings is 1. The van der Waals surface area contributed by atoms with E-state index in [0.29, 0.717) is 0 Å². The molecule has 1 heterocycles. The molecule has 0 amide bonds. The third-order valence-corrected chi connectivity index (χ3v) is 2.84. The van der Waals surface area contributed by atoms with Crippen molar-refractivity contribution in [2.45, 2.75) is 13.0 Å². The number of methoxy groups -OCH3 is 1. The minimum atomic E-state index is 0.802. The van der Waals surface area contributed by atoms with Crippen molar-refractivity contribution in [2.24, 2.45) is 7.05 Å². The third-order valence-electron chi connectivity index (χ3n) is 2.84. The highest BCUT2D eigenvalue weighted by Gasteiger charge is 2.01. The predicted octanol–water partition coefficient (Wildman–Crippen LogP) is 1.76. The van der Waals surface area contributed by atoms with Gasteiger partial charge in [-0.2, -0.15) is 5.10 Å². The maximum atomic E-state index is 5.32. The average molecular weight is 245 g/mol. The lowest BCUT2D eigenvalue weighted by Gasteiger charge is -2.08. The smallest absolute Gasteiger partial charge is 0.122 e. The van der Waals surface area contributed by atoms with Gasteiger partial charge in [0.25, 0.3) is 0 Å². The zero-order valence-corrected chi connectivity index (χ0v) is 10.9. The number of rotatable bonds is 6. The molecule has 0 aliphatic heterocycles. The Morgan fingerprint density at radius 2 is 2.11 bits per heavy atom. The van der Waals surface area contributed by atoms with Crippen molar-refractivity contribution < 1.29 is 4.74 Å². The van der Waals surface area contributed by atoms with Crippen molar-refractivity contribution in [3.8, 4) is 5.75 Å². The highest BCUT2D eigenvalue weighted by atomic mass is 16.5. The van der Waals surface area contributed by atoms with E-state index in [9.17, 15) is 0 Å². The fourth-order valence-electron chi connectivity index (χ4n) is 1.91. The van der Waals surface area contributed by atoms with E-state index >= 15 is 0 Å². The van der Waals surface area contributed by atoms with Gasteiger partial charge in [0.15, 0.2) is 0 Å². The molecule has 4 heteroatoms. The van der Waals surface area contributed by atoms with Gasteiger partial charge in [0.2, 0.25) is 0 Å². The number of aryl methyl sites for hydroxylation is 1. The summed E-state index contributed by atoms with van der Waals surface area (Å²) in [7, 11) is 3.64. The SMILES string of the molecule is COc1ccccc1CCNCc1ccn(C)n1. The molecule has 1 N–H and O–H groups in total. The predicted molar refractivity (Wildman–Crippen MR) is 71.6 cm³/mol. The van der Waals surface area contributed by atoms with Crippen LogP contribution in [0.3, 0.4) is 0 Å². The van der Waals surface area contributed by atoms with E-state index in [1.165, 1.54) is 5.56 Å². The van der Waals surface area contributed by atoms with Crippen LogP contribution in [-0.4, -0.2) is 23.4 Å². The van der Waals surface area contributed by atoms with Crippen LogP contribution in [0.5, 0.6) is 5.75 Å². The summed E-state index contributed by atoms with van der Waals surface area (Å²) in [5.41, 5.74) is 2.30. The Morgan fingerprint density at radius 1 is 1.28 bits per heavy atom. The largest absolute Gasteiger partial charge is 0.496 e. The van der Waals surface area contributed by atoms with E-state index < -0.39 is 0 Å². The lowest BCUT2D eigenvalue weighted by molar-refractivity contribution is 0.409. The zero-order valence-electron chi connectivity index (χ0n) is 10.9. The Balaban J connectivity index is 1.78. The summed E-state index contributed by atoms with van der Waals surface area (Å²) in [6.07, 6.45) is 2.91. The Labute approximate surface area is 108 Å². The number of aromatic nitrogens is 2. The summed E-state index contributed by atoms with van der Waals surface area (Å²) in [5, 5.41) is 7.70. The summed E-state index contributed by atoms with van der Waals surface area (Å²) in [5.74, 6) is 0.956. The molecule has 0 aliphatic rings. The minimum Gasteiger partial charge on any atom is -0.496 e. The van der Waals surface area contributed by atoms with Gasteiger partial charge in [0.05, 0.1) is 12.8 Å². The maximum absolute atomic E-state index is 5.32. The molecule has 2 rings (SSSR count). The molecule has 96 valence electrons. The monoisotopic (exact) mass is 245 g/mol. The van der Waals surface area contributed by atoms with Crippen LogP contribution >= 0.6 is 0 Å². The van der Waals surface area contributed by atoms with Crippen molar-refractivity contribution >= 4 is 0 Å². The van der Waals surface area contributed by atoms with Crippen molar-refractivity contribution in [3.05, 3.63) is 47.8 Å². The summed E-state index contributed by atoms with van der Waals surface area (Å²) >= 11 is 0. The van der Waals surface area contributed by atoms with Gasteiger partial charge in [-0.05, 0) is 30.7 Å². The maximum Gasteiger partial charge on any atom is 0.122 e. The average Bonchev–Trinajstić information content (AvgIpc) is 2.81. The normalized spacial score (nSPS) is 10.6. The van der Waals surface area contributed by atoms with E-state index in [1.54, 1.807) is 7.11 Å². The standard InChI is InChI=1S/C14H19N3O/c1-17-10-8-13(16-17)11-15-9-7-12-5-3-4-6-14(12)18-2/h3-6,8,10,15H,7,9,11H2,1-2H3. The van der Waals surface area contributed by atoms with Crippen molar-refractivity contribution in [1.29, 1.82) is 0 Å². The molecule has 2 aromatic rings. The first-order chi connectivity index (χ1) is 8.79. The summed E-state index contributed by atoms with van der Waals surface area (Å²) in [6.45, 7) is 1.72. The van der Waals surface area contributed by atoms with Crippen LogP contribution in [0.15, 0.2) is 36.5 Å². The summed E-state index contributed by atoms with van der Waals surface area (Å²) in [6, 6.07) is 10.1. The lowest BCUT2D eigenvalue weighted by Crippen LogP contribution is -2.17. The molecular formula is C14H19N3O. The summed E-state index contributed by atoms with van der Waals surface area (Å²) in [4.78, 5) is 0. The number of ether oxygens (including phenoxy) is 1. The van der Waals surface area contributed by atoms with Crippen LogP contribution in [-0.2, 0) is 20.0 Å². The van der Waals surface area contributed by atoms with Crippen molar-refractivity contribution in [1.82, 2.24) is 15.1 Å². The van der Waals surface area contributed by atoms with Crippen LogP contribution in [0.4, 0.5) is 0 Å². The zero-order chi connectivity index (χ0) is 12.8. The van der Waals surface area contributed by atoms with E-state index in [-0.39, 0.29) is 0 Å². The molecular weight excluding hydrogens is 226 g/mol. The lowest BCUT2D eigenvalue weighted by atomic mass is 10.1. The molecule has 1 aromatic heterocycles. The van der Waals surface area contributed by atoms with Gasteiger partial charge in [-0.25, -0.2) is 0 Å². The molecule has 0 radical (unpaired) electrons. The highest BCUT2D eigenvalue weighted by Crippen LogP contribution is 2.17. The Hall–Kier alpha value is -1.81. The number of hydrogen-bond acceptors (Lipinski definition) is 3. The molecule has 0 fully saturated rings. The molecule has 0 unspecified atom stereocenters. The van der Waals surface area contributed by atoms with Crippen molar-refractivity contribution in [3.63, 3.8) is 0 Å². The fraction of sp³-hybridized carbons (Fsp3) is 0.357. The van der Waals surface area contributed by atoms with Crippen LogP contribution in [0.25, 0.3) is 0 Å².